The van der Waals surface area contributed by atoms with E-state index in [0.29, 0.717) is 17.1 Å². The second kappa shape index (κ2) is 9.45. The molecule has 0 saturated heterocycles. The van der Waals surface area contributed by atoms with Gasteiger partial charge in [-0.2, -0.15) is 5.10 Å². The van der Waals surface area contributed by atoms with Crippen molar-refractivity contribution in [3.8, 4) is 28.3 Å². The summed E-state index contributed by atoms with van der Waals surface area (Å²) in [6.45, 7) is 0. The average molecular weight is 408 g/mol. The van der Waals surface area contributed by atoms with Gasteiger partial charge in [-0.05, 0) is 23.8 Å². The fourth-order valence-electron chi connectivity index (χ4n) is 3.00. The van der Waals surface area contributed by atoms with E-state index in [2.05, 4.69) is 20.5 Å². The molecule has 1 N–H and O–H groups in total. The highest BCUT2D eigenvalue weighted by Gasteiger charge is 2.14. The number of hydrazone groups is 1. The summed E-state index contributed by atoms with van der Waals surface area (Å²) >= 11 is 0. The van der Waals surface area contributed by atoms with Crippen LogP contribution in [-0.4, -0.2) is 29.2 Å². The van der Waals surface area contributed by atoms with E-state index in [1.807, 2.05) is 91.0 Å². The molecule has 0 radical (unpaired) electrons. The summed E-state index contributed by atoms with van der Waals surface area (Å²) in [5, 5.41) is 4.04. The highest BCUT2D eigenvalue weighted by molar-refractivity contribution is 5.92. The van der Waals surface area contributed by atoms with E-state index in [9.17, 15) is 4.79 Å². The third-order valence-electron chi connectivity index (χ3n) is 4.54. The minimum atomic E-state index is -0.492. The van der Waals surface area contributed by atoms with Gasteiger partial charge in [0.1, 0.15) is 5.75 Å². The molecule has 31 heavy (non-hydrogen) atoms. The molecule has 1 heterocycles. The Balaban J connectivity index is 1.63. The summed E-state index contributed by atoms with van der Waals surface area (Å²) in [7, 11) is 1.60. The van der Waals surface area contributed by atoms with Crippen LogP contribution in [0.5, 0.6) is 5.75 Å². The number of methoxy groups -OCH3 is 1. The molecule has 4 aromatic rings. The van der Waals surface area contributed by atoms with Crippen molar-refractivity contribution in [3.63, 3.8) is 0 Å². The van der Waals surface area contributed by atoms with Gasteiger partial charge in [0.2, 0.25) is 5.82 Å². The number of rotatable bonds is 6. The molecule has 0 spiro atoms. The van der Waals surface area contributed by atoms with Gasteiger partial charge in [-0.3, -0.25) is 4.79 Å². The minimum absolute atomic E-state index is 0.0444. The molecular weight excluding hydrogens is 388 g/mol. The molecule has 0 aliphatic carbocycles. The number of hydrogen-bond donors (Lipinski definition) is 1. The van der Waals surface area contributed by atoms with Crippen LogP contribution in [-0.2, 0) is 0 Å². The van der Waals surface area contributed by atoms with Crippen molar-refractivity contribution in [2.24, 2.45) is 5.10 Å². The zero-order valence-electron chi connectivity index (χ0n) is 16.9. The van der Waals surface area contributed by atoms with Gasteiger partial charge in [0.15, 0.2) is 0 Å². The van der Waals surface area contributed by atoms with Crippen LogP contribution in [0.3, 0.4) is 0 Å². The molecule has 1 amide bonds. The first-order valence-electron chi connectivity index (χ1n) is 9.70. The predicted octanol–water partition coefficient (Wildman–Crippen LogP) is 4.58. The van der Waals surface area contributed by atoms with Gasteiger partial charge < -0.3 is 4.74 Å². The quantitative estimate of drug-likeness (QED) is 0.374. The normalized spacial score (nSPS) is 10.7. The Morgan fingerprint density at radius 3 is 2.03 bits per heavy atom. The van der Waals surface area contributed by atoms with E-state index >= 15 is 0 Å². The highest BCUT2D eigenvalue weighted by atomic mass is 16.5. The van der Waals surface area contributed by atoms with Crippen LogP contribution in [0.1, 0.15) is 16.2 Å². The molecule has 0 aliphatic heterocycles. The fourth-order valence-corrected chi connectivity index (χ4v) is 3.00. The number of amides is 1. The molecule has 0 bridgehead atoms. The lowest BCUT2D eigenvalue weighted by Gasteiger charge is -2.08. The Hall–Kier alpha value is -4.32. The minimum Gasteiger partial charge on any atom is -0.497 e. The van der Waals surface area contributed by atoms with Crippen LogP contribution >= 0.6 is 0 Å². The van der Waals surface area contributed by atoms with Crippen molar-refractivity contribution in [2.45, 2.75) is 0 Å². The lowest BCUT2D eigenvalue weighted by molar-refractivity contribution is 0.0945. The summed E-state index contributed by atoms with van der Waals surface area (Å²) < 4.78 is 5.19. The Bertz CT molecular complexity index is 1150. The Kier molecular flexibility index (Phi) is 6.09. The van der Waals surface area contributed by atoms with E-state index < -0.39 is 5.91 Å². The van der Waals surface area contributed by atoms with Crippen molar-refractivity contribution in [1.29, 1.82) is 0 Å². The van der Waals surface area contributed by atoms with Crippen LogP contribution in [0, 0.1) is 0 Å². The molecule has 0 saturated carbocycles. The number of ether oxygens (including phenoxy) is 1. The van der Waals surface area contributed by atoms with E-state index in [1.165, 1.54) is 0 Å². The van der Waals surface area contributed by atoms with Crippen LogP contribution in [0.4, 0.5) is 0 Å². The molecule has 3 aromatic carbocycles. The third-order valence-corrected chi connectivity index (χ3v) is 4.54. The smallest absolute Gasteiger partial charge is 0.309 e. The van der Waals surface area contributed by atoms with E-state index in [1.54, 1.807) is 13.3 Å². The molecule has 6 nitrogen and oxygen atoms in total. The third kappa shape index (κ3) is 5.00. The van der Waals surface area contributed by atoms with Crippen molar-refractivity contribution in [1.82, 2.24) is 15.4 Å². The SMILES string of the molecule is COc1cccc(/C=N/NC(=O)c2nc(-c3ccccc3)cc(-c3ccccc3)n2)c1. The van der Waals surface area contributed by atoms with Crippen molar-refractivity contribution < 1.29 is 9.53 Å². The first kappa shape index (κ1) is 20.0. The Morgan fingerprint density at radius 2 is 1.45 bits per heavy atom. The van der Waals surface area contributed by atoms with E-state index in [-0.39, 0.29) is 5.82 Å². The summed E-state index contributed by atoms with van der Waals surface area (Å²) in [5.74, 6) is 0.263. The molecule has 0 aliphatic rings. The number of benzene rings is 3. The van der Waals surface area contributed by atoms with Gasteiger partial charge in [0, 0.05) is 11.1 Å². The van der Waals surface area contributed by atoms with Gasteiger partial charge in [-0.1, -0.05) is 72.8 Å². The molecular formula is C25H20N4O2. The molecule has 152 valence electrons. The van der Waals surface area contributed by atoms with Crippen LogP contribution in [0.25, 0.3) is 22.5 Å². The topological polar surface area (TPSA) is 76.5 Å². The number of carbonyl (C=O) groups excluding carboxylic acids is 1. The number of aromatic nitrogens is 2. The number of carbonyl (C=O) groups is 1. The van der Waals surface area contributed by atoms with Gasteiger partial charge in [0.05, 0.1) is 24.7 Å². The van der Waals surface area contributed by atoms with Crippen molar-refractivity contribution >= 4 is 12.1 Å². The van der Waals surface area contributed by atoms with Gasteiger partial charge in [-0.15, -0.1) is 0 Å². The number of nitrogens with one attached hydrogen (secondary N) is 1. The van der Waals surface area contributed by atoms with Crippen LogP contribution in [0.2, 0.25) is 0 Å². The zero-order chi connectivity index (χ0) is 21.5. The standard InChI is InChI=1S/C25H20N4O2/c1-31-21-14-8-9-18(15-21)17-26-29-25(30)24-27-22(19-10-4-2-5-11-19)16-23(28-24)20-12-6-3-7-13-20/h2-17H,1H3,(H,29,30)/b26-17+. The van der Waals surface area contributed by atoms with Crippen LogP contribution < -0.4 is 10.2 Å². The maximum absolute atomic E-state index is 12.8. The van der Waals surface area contributed by atoms with Gasteiger partial charge >= 0.3 is 5.91 Å². The second-order valence-corrected chi connectivity index (χ2v) is 6.67. The molecule has 6 heteroatoms. The Morgan fingerprint density at radius 1 is 0.839 bits per heavy atom. The summed E-state index contributed by atoms with van der Waals surface area (Å²) in [4.78, 5) is 21.7. The van der Waals surface area contributed by atoms with E-state index in [4.69, 9.17) is 4.74 Å². The lowest BCUT2D eigenvalue weighted by atomic mass is 10.1. The van der Waals surface area contributed by atoms with Crippen molar-refractivity contribution in [2.75, 3.05) is 7.11 Å². The number of nitrogens with zero attached hydrogens (tertiary/aromatic N) is 3. The predicted molar refractivity (Wildman–Crippen MR) is 121 cm³/mol. The molecule has 4 rings (SSSR count). The van der Waals surface area contributed by atoms with Crippen molar-refractivity contribution in [3.05, 3.63) is 102 Å². The second-order valence-electron chi connectivity index (χ2n) is 6.67. The largest absolute Gasteiger partial charge is 0.497 e. The molecule has 0 unspecified atom stereocenters. The van der Waals surface area contributed by atoms with Gasteiger partial charge in [-0.25, -0.2) is 15.4 Å². The highest BCUT2D eigenvalue weighted by Crippen LogP contribution is 2.23. The Labute approximate surface area is 180 Å². The first-order chi connectivity index (χ1) is 15.2. The first-order valence-corrected chi connectivity index (χ1v) is 9.70. The monoisotopic (exact) mass is 408 g/mol. The summed E-state index contributed by atoms with van der Waals surface area (Å²) in [6.07, 6.45) is 1.54. The maximum atomic E-state index is 12.8. The molecule has 0 fully saturated rings. The summed E-state index contributed by atoms with van der Waals surface area (Å²) in [5.41, 5.74) is 6.43. The van der Waals surface area contributed by atoms with Gasteiger partial charge in [0.25, 0.3) is 0 Å². The van der Waals surface area contributed by atoms with Crippen LogP contribution in [0.15, 0.2) is 96.1 Å². The molecule has 0 atom stereocenters. The maximum Gasteiger partial charge on any atom is 0.309 e. The van der Waals surface area contributed by atoms with E-state index in [0.717, 1.165) is 16.7 Å². The lowest BCUT2D eigenvalue weighted by Crippen LogP contribution is -2.21. The summed E-state index contributed by atoms with van der Waals surface area (Å²) in [6, 6.07) is 28.6. The average Bonchev–Trinajstić information content (AvgIpc) is 2.85. The molecule has 1 aromatic heterocycles. The number of hydrogen-bond acceptors (Lipinski definition) is 5. The zero-order valence-corrected chi connectivity index (χ0v) is 16.9. The fraction of sp³-hybridized carbons (Fsp3) is 0.0400.